The Morgan fingerprint density at radius 1 is 1.22 bits per heavy atom. The summed E-state index contributed by atoms with van der Waals surface area (Å²) < 4.78 is 5.93. The first-order valence-electron chi connectivity index (χ1n) is 7.54. The van der Waals surface area contributed by atoms with Gasteiger partial charge in [-0.25, -0.2) is 0 Å². The molecule has 4 heteroatoms. The fourth-order valence-corrected chi connectivity index (χ4v) is 4.03. The molecule has 2 N–H and O–H groups in total. The molecule has 0 spiro atoms. The molecule has 0 aromatic carbocycles. The van der Waals surface area contributed by atoms with Gasteiger partial charge in [-0.2, -0.15) is 0 Å². The first kappa shape index (κ1) is 12.9. The third kappa shape index (κ3) is 2.72. The van der Waals surface area contributed by atoms with Crippen LogP contribution in [-0.2, 0) is 4.74 Å². The van der Waals surface area contributed by atoms with Gasteiger partial charge < -0.3 is 15.4 Å². The summed E-state index contributed by atoms with van der Waals surface area (Å²) >= 11 is 0. The summed E-state index contributed by atoms with van der Waals surface area (Å²) in [6.45, 7) is 4.17. The second-order valence-corrected chi connectivity index (χ2v) is 6.42. The van der Waals surface area contributed by atoms with E-state index in [-0.39, 0.29) is 0 Å². The molecule has 4 nitrogen and oxygen atoms in total. The van der Waals surface area contributed by atoms with E-state index < -0.39 is 0 Å². The van der Waals surface area contributed by atoms with Crippen molar-refractivity contribution in [3.63, 3.8) is 0 Å². The summed E-state index contributed by atoms with van der Waals surface area (Å²) in [5.41, 5.74) is 6.18. The summed E-state index contributed by atoms with van der Waals surface area (Å²) in [7, 11) is 2.20. The van der Waals surface area contributed by atoms with Crippen LogP contribution in [0.4, 0.5) is 0 Å². The van der Waals surface area contributed by atoms with Crippen LogP contribution in [0, 0.1) is 0 Å². The maximum Gasteiger partial charge on any atom is 0.0829 e. The molecule has 104 valence electrons. The molecule has 3 heterocycles. The lowest BCUT2D eigenvalue weighted by Gasteiger charge is -2.49. The minimum atomic E-state index is 0.404. The molecule has 3 aliphatic heterocycles. The Hall–Kier alpha value is -0.160. The monoisotopic (exact) mass is 253 g/mol. The van der Waals surface area contributed by atoms with E-state index in [4.69, 9.17) is 10.5 Å². The topological polar surface area (TPSA) is 41.7 Å². The highest BCUT2D eigenvalue weighted by Crippen LogP contribution is 2.33. The first-order valence-corrected chi connectivity index (χ1v) is 7.54. The van der Waals surface area contributed by atoms with Crippen molar-refractivity contribution in [3.8, 4) is 0 Å². The predicted octanol–water partition coefficient (Wildman–Crippen LogP) is 0.661. The largest absolute Gasteiger partial charge is 0.374 e. The van der Waals surface area contributed by atoms with Gasteiger partial charge in [0.15, 0.2) is 0 Å². The van der Waals surface area contributed by atoms with E-state index in [1.54, 1.807) is 0 Å². The van der Waals surface area contributed by atoms with Crippen LogP contribution in [0.2, 0.25) is 0 Å². The molecule has 3 fully saturated rings. The lowest BCUT2D eigenvalue weighted by molar-refractivity contribution is -0.0666. The third-order valence-corrected chi connectivity index (χ3v) is 4.92. The van der Waals surface area contributed by atoms with Crippen LogP contribution in [-0.4, -0.2) is 67.3 Å². The molecule has 3 unspecified atom stereocenters. The Balaban J connectivity index is 1.61. The smallest absolute Gasteiger partial charge is 0.0829 e. The van der Waals surface area contributed by atoms with Crippen molar-refractivity contribution in [1.82, 2.24) is 9.80 Å². The molecule has 2 bridgehead atoms. The molecule has 0 amide bonds. The summed E-state index contributed by atoms with van der Waals surface area (Å²) in [5.74, 6) is 0. The van der Waals surface area contributed by atoms with Crippen molar-refractivity contribution in [1.29, 1.82) is 0 Å². The molecular formula is C14H27N3O. The van der Waals surface area contributed by atoms with Crippen LogP contribution in [0.25, 0.3) is 0 Å². The number of hydrogen-bond donors (Lipinski definition) is 1. The second kappa shape index (κ2) is 5.45. The second-order valence-electron chi connectivity index (χ2n) is 6.42. The van der Waals surface area contributed by atoms with Crippen molar-refractivity contribution in [3.05, 3.63) is 0 Å². The van der Waals surface area contributed by atoms with Crippen LogP contribution in [0.15, 0.2) is 0 Å². The zero-order chi connectivity index (χ0) is 12.5. The lowest BCUT2D eigenvalue weighted by atomic mass is 9.82. The van der Waals surface area contributed by atoms with Crippen LogP contribution in [0.1, 0.15) is 32.1 Å². The molecular weight excluding hydrogens is 226 g/mol. The third-order valence-electron chi connectivity index (χ3n) is 4.92. The molecule has 3 rings (SSSR count). The average molecular weight is 253 g/mol. The van der Waals surface area contributed by atoms with Crippen molar-refractivity contribution < 1.29 is 4.74 Å². The maximum atomic E-state index is 6.18. The van der Waals surface area contributed by atoms with Crippen LogP contribution >= 0.6 is 0 Å². The number of nitrogens with zero attached hydrogens (tertiary/aromatic N) is 2. The van der Waals surface area contributed by atoms with Gasteiger partial charge in [-0.15, -0.1) is 0 Å². The van der Waals surface area contributed by atoms with Gasteiger partial charge >= 0.3 is 0 Å². The lowest BCUT2D eigenvalue weighted by Crippen LogP contribution is -2.58. The number of morpholine rings is 1. The van der Waals surface area contributed by atoms with Gasteiger partial charge in [-0.05, 0) is 32.7 Å². The van der Waals surface area contributed by atoms with Crippen LogP contribution in [0.3, 0.4) is 0 Å². The highest BCUT2D eigenvalue weighted by atomic mass is 16.5. The van der Waals surface area contributed by atoms with E-state index in [0.717, 1.165) is 38.3 Å². The van der Waals surface area contributed by atoms with Crippen LogP contribution < -0.4 is 5.73 Å². The number of nitrogens with two attached hydrogens (primary N) is 1. The SMILES string of the molecule is CN1CCOC(CN2C3CCCC2CC(N)C3)C1. The normalized spacial score (nSPS) is 43.0. The van der Waals surface area contributed by atoms with Gasteiger partial charge in [0, 0.05) is 37.8 Å². The van der Waals surface area contributed by atoms with Crippen LogP contribution in [0.5, 0.6) is 0 Å². The van der Waals surface area contributed by atoms with Crippen molar-refractivity contribution >= 4 is 0 Å². The Labute approximate surface area is 110 Å². The summed E-state index contributed by atoms with van der Waals surface area (Å²) in [5, 5.41) is 0. The quantitative estimate of drug-likeness (QED) is 0.785. The Kier molecular flexibility index (Phi) is 3.89. The van der Waals surface area contributed by atoms with Crippen molar-refractivity contribution in [2.24, 2.45) is 5.73 Å². The zero-order valence-electron chi connectivity index (χ0n) is 11.6. The molecule has 3 atom stereocenters. The highest BCUT2D eigenvalue weighted by molar-refractivity contribution is 4.95. The summed E-state index contributed by atoms with van der Waals surface area (Å²) in [6.07, 6.45) is 6.86. The van der Waals surface area contributed by atoms with E-state index in [1.165, 1.54) is 32.1 Å². The van der Waals surface area contributed by atoms with Crippen molar-refractivity contribution in [2.45, 2.75) is 56.3 Å². The Bertz CT molecular complexity index is 272. The minimum Gasteiger partial charge on any atom is -0.374 e. The molecule has 18 heavy (non-hydrogen) atoms. The highest BCUT2D eigenvalue weighted by Gasteiger charge is 2.38. The fraction of sp³-hybridized carbons (Fsp3) is 1.00. The number of rotatable bonds is 2. The number of ether oxygens (including phenoxy) is 1. The summed E-state index contributed by atoms with van der Waals surface area (Å²) in [6, 6.07) is 1.89. The number of fused-ring (bicyclic) bond motifs is 2. The number of hydrogen-bond acceptors (Lipinski definition) is 4. The molecule has 0 aromatic rings. The minimum absolute atomic E-state index is 0.404. The predicted molar refractivity (Wildman–Crippen MR) is 72.6 cm³/mol. The van der Waals surface area contributed by atoms with Gasteiger partial charge in [0.05, 0.1) is 12.7 Å². The van der Waals surface area contributed by atoms with Gasteiger partial charge in [-0.3, -0.25) is 4.90 Å². The fourth-order valence-electron chi connectivity index (χ4n) is 4.03. The van der Waals surface area contributed by atoms with E-state index in [0.29, 0.717) is 12.1 Å². The molecule has 0 aliphatic carbocycles. The van der Waals surface area contributed by atoms with Crippen molar-refractivity contribution in [2.75, 3.05) is 33.3 Å². The van der Waals surface area contributed by atoms with Gasteiger partial charge in [0.25, 0.3) is 0 Å². The van der Waals surface area contributed by atoms with E-state index >= 15 is 0 Å². The molecule has 3 saturated heterocycles. The number of likely N-dealkylation sites (N-methyl/N-ethyl adjacent to an activating group) is 1. The molecule has 3 aliphatic rings. The Morgan fingerprint density at radius 2 is 1.94 bits per heavy atom. The zero-order valence-corrected chi connectivity index (χ0v) is 11.6. The standard InChI is InChI=1S/C14H27N3O/c1-16-5-6-18-14(9-16)10-17-12-3-2-4-13(17)8-11(15)7-12/h11-14H,2-10,15H2,1H3. The number of piperidine rings is 2. The summed E-state index contributed by atoms with van der Waals surface area (Å²) in [4.78, 5) is 5.11. The average Bonchev–Trinajstić information content (AvgIpc) is 2.30. The van der Waals surface area contributed by atoms with E-state index in [2.05, 4.69) is 16.8 Å². The van der Waals surface area contributed by atoms with E-state index in [9.17, 15) is 0 Å². The van der Waals surface area contributed by atoms with Gasteiger partial charge in [-0.1, -0.05) is 6.42 Å². The Morgan fingerprint density at radius 3 is 2.61 bits per heavy atom. The molecule has 0 radical (unpaired) electrons. The molecule has 0 saturated carbocycles. The van der Waals surface area contributed by atoms with E-state index in [1.807, 2.05) is 0 Å². The van der Waals surface area contributed by atoms with Gasteiger partial charge in [0.1, 0.15) is 0 Å². The van der Waals surface area contributed by atoms with Gasteiger partial charge in [0.2, 0.25) is 0 Å². The molecule has 0 aromatic heterocycles. The maximum absolute atomic E-state index is 6.18. The first-order chi connectivity index (χ1) is 8.72.